The highest BCUT2D eigenvalue weighted by Gasteiger charge is 2.20. The van der Waals surface area contributed by atoms with E-state index >= 15 is 0 Å². The molecule has 0 spiro atoms. The van der Waals surface area contributed by atoms with E-state index in [4.69, 9.17) is 10.5 Å². The Morgan fingerprint density at radius 2 is 1.95 bits per heavy atom. The molecule has 106 valence electrons. The van der Waals surface area contributed by atoms with Crippen LogP contribution in [0.3, 0.4) is 0 Å². The van der Waals surface area contributed by atoms with Crippen LogP contribution in [-0.2, 0) is 16.1 Å². The Kier molecular flexibility index (Phi) is 4.71. The first-order chi connectivity index (χ1) is 9.65. The van der Waals surface area contributed by atoms with Crippen molar-refractivity contribution in [1.29, 1.82) is 0 Å². The predicted octanol–water partition coefficient (Wildman–Crippen LogP) is 1.77. The summed E-state index contributed by atoms with van der Waals surface area (Å²) in [5.74, 6) is -0.0943. The highest BCUT2D eigenvalue weighted by atomic mass is 16.5. The molecular weight excluding hydrogens is 252 g/mol. The van der Waals surface area contributed by atoms with E-state index in [0.717, 1.165) is 5.56 Å². The number of benzene rings is 2. The Morgan fingerprint density at radius 1 is 1.25 bits per heavy atom. The van der Waals surface area contributed by atoms with Crippen molar-refractivity contribution in [3.05, 3.63) is 48.0 Å². The van der Waals surface area contributed by atoms with Crippen molar-refractivity contribution in [2.45, 2.75) is 12.6 Å². The third-order valence-electron chi connectivity index (χ3n) is 3.38. The lowest BCUT2D eigenvalue weighted by molar-refractivity contribution is -0.140. The van der Waals surface area contributed by atoms with Gasteiger partial charge in [0.15, 0.2) is 0 Å². The van der Waals surface area contributed by atoms with Crippen LogP contribution in [0.4, 0.5) is 0 Å². The first-order valence-electron chi connectivity index (χ1n) is 6.61. The number of hydrogen-bond acceptors (Lipinski definition) is 3. The number of carbonyl (C=O) groups excluding carboxylic acids is 1. The normalized spacial score (nSPS) is 12.3. The second-order valence-corrected chi connectivity index (χ2v) is 4.84. The number of fused-ring (bicyclic) bond motifs is 1. The summed E-state index contributed by atoms with van der Waals surface area (Å²) in [5.41, 5.74) is 6.61. The van der Waals surface area contributed by atoms with Crippen molar-refractivity contribution in [3.63, 3.8) is 0 Å². The second-order valence-electron chi connectivity index (χ2n) is 4.84. The Hall–Kier alpha value is -1.91. The molecule has 2 N–H and O–H groups in total. The van der Waals surface area contributed by atoms with Crippen LogP contribution in [-0.4, -0.2) is 37.6 Å². The molecule has 1 amide bonds. The minimum absolute atomic E-state index is 0.0943. The molecule has 20 heavy (non-hydrogen) atoms. The molecule has 1 atom stereocenters. The quantitative estimate of drug-likeness (QED) is 0.902. The molecule has 0 saturated carbocycles. The molecule has 0 aliphatic heterocycles. The second kappa shape index (κ2) is 6.50. The van der Waals surface area contributed by atoms with Crippen LogP contribution in [0.25, 0.3) is 10.8 Å². The molecule has 0 fully saturated rings. The van der Waals surface area contributed by atoms with E-state index in [1.54, 1.807) is 11.9 Å². The molecule has 2 aromatic rings. The van der Waals surface area contributed by atoms with Gasteiger partial charge in [-0.1, -0.05) is 36.4 Å². The third kappa shape index (κ3) is 3.15. The maximum Gasteiger partial charge on any atom is 0.253 e. The lowest BCUT2D eigenvalue weighted by atomic mass is 10.1. The molecule has 2 aromatic carbocycles. The van der Waals surface area contributed by atoms with Crippen molar-refractivity contribution in [2.24, 2.45) is 5.73 Å². The van der Waals surface area contributed by atoms with E-state index in [1.807, 2.05) is 18.2 Å². The summed E-state index contributed by atoms with van der Waals surface area (Å²) in [7, 11) is 3.26. The smallest absolute Gasteiger partial charge is 0.253 e. The van der Waals surface area contributed by atoms with Gasteiger partial charge >= 0.3 is 0 Å². The Bertz CT molecular complexity index is 594. The zero-order chi connectivity index (χ0) is 14.5. The maximum absolute atomic E-state index is 12.1. The molecule has 0 aromatic heterocycles. The first-order valence-corrected chi connectivity index (χ1v) is 6.61. The van der Waals surface area contributed by atoms with Crippen molar-refractivity contribution in [2.75, 3.05) is 20.7 Å². The highest BCUT2D eigenvalue weighted by Crippen LogP contribution is 2.16. The van der Waals surface area contributed by atoms with Crippen LogP contribution >= 0.6 is 0 Å². The van der Waals surface area contributed by atoms with Gasteiger partial charge < -0.3 is 15.4 Å². The van der Waals surface area contributed by atoms with Crippen LogP contribution < -0.4 is 5.73 Å². The lowest BCUT2D eigenvalue weighted by Crippen LogP contribution is -2.41. The van der Waals surface area contributed by atoms with Crippen LogP contribution in [0.5, 0.6) is 0 Å². The lowest BCUT2D eigenvalue weighted by Gasteiger charge is -2.22. The van der Waals surface area contributed by atoms with Gasteiger partial charge in [-0.3, -0.25) is 4.79 Å². The average Bonchev–Trinajstić information content (AvgIpc) is 2.48. The van der Waals surface area contributed by atoms with Gasteiger partial charge in [-0.25, -0.2) is 0 Å². The number of nitrogens with zero attached hydrogens (tertiary/aromatic N) is 1. The molecule has 4 nitrogen and oxygen atoms in total. The SMILES string of the molecule is COC(CN)C(=O)N(C)Cc1ccc2ccccc2c1. The summed E-state index contributed by atoms with van der Waals surface area (Å²) in [6, 6.07) is 14.4. The van der Waals surface area contributed by atoms with E-state index in [0.29, 0.717) is 6.54 Å². The fourth-order valence-electron chi connectivity index (χ4n) is 2.23. The zero-order valence-corrected chi connectivity index (χ0v) is 11.9. The van der Waals surface area contributed by atoms with Crippen LogP contribution in [0.2, 0.25) is 0 Å². The van der Waals surface area contributed by atoms with Crippen LogP contribution in [0, 0.1) is 0 Å². The number of carbonyl (C=O) groups is 1. The predicted molar refractivity (Wildman–Crippen MR) is 80.3 cm³/mol. The Balaban J connectivity index is 2.13. The topological polar surface area (TPSA) is 55.6 Å². The van der Waals surface area contributed by atoms with Gasteiger partial charge in [-0.15, -0.1) is 0 Å². The third-order valence-corrected chi connectivity index (χ3v) is 3.38. The van der Waals surface area contributed by atoms with Gasteiger partial charge in [0, 0.05) is 27.2 Å². The van der Waals surface area contributed by atoms with Gasteiger partial charge in [0.05, 0.1) is 0 Å². The summed E-state index contributed by atoms with van der Waals surface area (Å²) >= 11 is 0. The summed E-state index contributed by atoms with van der Waals surface area (Å²) in [6.45, 7) is 0.737. The fraction of sp³-hybridized carbons (Fsp3) is 0.312. The van der Waals surface area contributed by atoms with Crippen molar-refractivity contribution < 1.29 is 9.53 Å². The molecular formula is C16H20N2O2. The number of rotatable bonds is 5. The van der Waals surface area contributed by atoms with Gasteiger partial charge in [0.25, 0.3) is 5.91 Å². The molecule has 0 aliphatic rings. The minimum Gasteiger partial charge on any atom is -0.370 e. The number of nitrogens with two attached hydrogens (primary N) is 1. The summed E-state index contributed by atoms with van der Waals surface area (Å²) in [6.07, 6.45) is -0.569. The molecule has 0 heterocycles. The van der Waals surface area contributed by atoms with E-state index < -0.39 is 6.10 Å². The number of methoxy groups -OCH3 is 1. The summed E-state index contributed by atoms with van der Waals surface area (Å²) in [5, 5.41) is 2.37. The number of ether oxygens (including phenoxy) is 1. The van der Waals surface area contributed by atoms with E-state index in [-0.39, 0.29) is 12.5 Å². The van der Waals surface area contributed by atoms with Crippen LogP contribution in [0.1, 0.15) is 5.56 Å². The average molecular weight is 272 g/mol. The van der Waals surface area contributed by atoms with Gasteiger partial charge in [-0.05, 0) is 22.4 Å². The monoisotopic (exact) mass is 272 g/mol. The van der Waals surface area contributed by atoms with Crippen molar-refractivity contribution in [3.8, 4) is 0 Å². The van der Waals surface area contributed by atoms with Crippen molar-refractivity contribution >= 4 is 16.7 Å². The van der Waals surface area contributed by atoms with E-state index in [9.17, 15) is 4.79 Å². The fourth-order valence-corrected chi connectivity index (χ4v) is 2.23. The molecule has 0 radical (unpaired) electrons. The van der Waals surface area contributed by atoms with Gasteiger partial charge in [0.1, 0.15) is 6.10 Å². The standard InChI is InChI=1S/C16H20N2O2/c1-18(16(19)15(10-17)20-2)11-12-7-8-13-5-3-4-6-14(13)9-12/h3-9,15H,10-11,17H2,1-2H3. The van der Waals surface area contributed by atoms with Gasteiger partial charge in [0.2, 0.25) is 0 Å². The Labute approximate surface area is 119 Å². The molecule has 2 rings (SSSR count). The number of likely N-dealkylation sites (N-methyl/N-ethyl adjacent to an activating group) is 1. The molecule has 1 unspecified atom stereocenters. The summed E-state index contributed by atoms with van der Waals surface area (Å²) < 4.78 is 5.07. The molecule has 0 saturated heterocycles. The molecule has 0 aliphatic carbocycles. The molecule has 4 heteroatoms. The maximum atomic E-state index is 12.1. The van der Waals surface area contributed by atoms with Crippen molar-refractivity contribution in [1.82, 2.24) is 4.90 Å². The number of amides is 1. The highest BCUT2D eigenvalue weighted by molar-refractivity contribution is 5.83. The molecule has 0 bridgehead atoms. The number of hydrogen-bond donors (Lipinski definition) is 1. The first kappa shape index (κ1) is 14.5. The largest absolute Gasteiger partial charge is 0.370 e. The van der Waals surface area contributed by atoms with E-state index in [2.05, 4.69) is 24.3 Å². The zero-order valence-electron chi connectivity index (χ0n) is 11.9. The minimum atomic E-state index is -0.569. The summed E-state index contributed by atoms with van der Waals surface area (Å²) in [4.78, 5) is 13.7. The van der Waals surface area contributed by atoms with Crippen LogP contribution in [0.15, 0.2) is 42.5 Å². The van der Waals surface area contributed by atoms with E-state index in [1.165, 1.54) is 17.9 Å². The van der Waals surface area contributed by atoms with Gasteiger partial charge in [-0.2, -0.15) is 0 Å². The Morgan fingerprint density at radius 3 is 2.60 bits per heavy atom.